The largest absolute Gasteiger partial charge is 0.494 e. The van der Waals surface area contributed by atoms with Crippen LogP contribution in [-0.4, -0.2) is 24.0 Å². The van der Waals surface area contributed by atoms with Gasteiger partial charge in [-0.1, -0.05) is 0 Å². The second kappa shape index (κ2) is 10.0. The minimum Gasteiger partial charge on any atom is -0.494 e. The van der Waals surface area contributed by atoms with Gasteiger partial charge in [0.05, 0.1) is 24.0 Å². The Labute approximate surface area is 198 Å². The molecule has 10 heteroatoms. The van der Waals surface area contributed by atoms with Gasteiger partial charge in [0.1, 0.15) is 28.9 Å². The van der Waals surface area contributed by atoms with Gasteiger partial charge < -0.3 is 25.4 Å². The minimum atomic E-state index is -0.726. The molecule has 35 heavy (non-hydrogen) atoms. The second-order valence-corrected chi connectivity index (χ2v) is 7.39. The summed E-state index contributed by atoms with van der Waals surface area (Å²) in [4.78, 5) is 28.0. The molecule has 4 aromatic rings. The normalized spacial score (nSPS) is 10.5. The van der Waals surface area contributed by atoms with Crippen LogP contribution in [0.4, 0.5) is 30.6 Å². The molecule has 8 nitrogen and oxygen atoms in total. The van der Waals surface area contributed by atoms with Crippen LogP contribution in [0.1, 0.15) is 6.92 Å². The number of rotatable bonds is 6. The number of pyridine rings is 1. The van der Waals surface area contributed by atoms with E-state index < -0.39 is 17.7 Å². The Kier molecular flexibility index (Phi) is 6.72. The van der Waals surface area contributed by atoms with Gasteiger partial charge in [-0.25, -0.2) is 13.6 Å². The van der Waals surface area contributed by atoms with E-state index in [1.165, 1.54) is 56.6 Å². The lowest BCUT2D eigenvalue weighted by Crippen LogP contribution is -2.20. The Morgan fingerprint density at radius 1 is 0.857 bits per heavy atom. The van der Waals surface area contributed by atoms with Crippen LogP contribution in [0.2, 0.25) is 0 Å². The van der Waals surface area contributed by atoms with E-state index in [0.29, 0.717) is 33.8 Å². The van der Waals surface area contributed by atoms with Crippen LogP contribution in [0.25, 0.3) is 10.9 Å². The van der Waals surface area contributed by atoms with E-state index in [9.17, 15) is 18.4 Å². The molecule has 0 bridgehead atoms. The Morgan fingerprint density at radius 2 is 1.63 bits per heavy atom. The zero-order valence-corrected chi connectivity index (χ0v) is 18.7. The maximum Gasteiger partial charge on any atom is 0.323 e. The van der Waals surface area contributed by atoms with Crippen molar-refractivity contribution in [3.8, 4) is 17.2 Å². The van der Waals surface area contributed by atoms with E-state index >= 15 is 0 Å². The van der Waals surface area contributed by atoms with Crippen molar-refractivity contribution in [2.75, 3.05) is 23.1 Å². The maximum absolute atomic E-state index is 14.7. The van der Waals surface area contributed by atoms with Gasteiger partial charge in [-0.05, 0) is 48.5 Å². The molecular formula is C25H20F2N4O4. The number of halogens is 2. The van der Waals surface area contributed by atoms with E-state index in [-0.39, 0.29) is 17.3 Å². The molecular weight excluding hydrogens is 458 g/mol. The first-order chi connectivity index (χ1) is 16.8. The highest BCUT2D eigenvalue weighted by Crippen LogP contribution is 2.36. The summed E-state index contributed by atoms with van der Waals surface area (Å²) in [7, 11) is 1.48. The molecule has 0 aliphatic rings. The predicted molar refractivity (Wildman–Crippen MR) is 128 cm³/mol. The van der Waals surface area contributed by atoms with E-state index in [4.69, 9.17) is 9.47 Å². The number of hydrogen-bond acceptors (Lipinski definition) is 5. The summed E-state index contributed by atoms with van der Waals surface area (Å²) >= 11 is 0. The van der Waals surface area contributed by atoms with Crippen molar-refractivity contribution in [3.63, 3.8) is 0 Å². The molecule has 0 saturated heterocycles. The van der Waals surface area contributed by atoms with Crippen molar-refractivity contribution >= 4 is 39.9 Å². The van der Waals surface area contributed by atoms with Gasteiger partial charge in [0.15, 0.2) is 0 Å². The Hall–Kier alpha value is -4.73. The number of methoxy groups -OCH3 is 1. The van der Waals surface area contributed by atoms with Crippen molar-refractivity contribution in [3.05, 3.63) is 78.5 Å². The molecule has 0 aliphatic carbocycles. The number of amides is 3. The fourth-order valence-electron chi connectivity index (χ4n) is 3.30. The van der Waals surface area contributed by atoms with Gasteiger partial charge >= 0.3 is 6.03 Å². The van der Waals surface area contributed by atoms with Crippen molar-refractivity contribution < 1.29 is 27.8 Å². The summed E-state index contributed by atoms with van der Waals surface area (Å²) in [5.41, 5.74) is 1.26. The van der Waals surface area contributed by atoms with Crippen LogP contribution in [0.3, 0.4) is 0 Å². The fourth-order valence-corrected chi connectivity index (χ4v) is 3.30. The monoisotopic (exact) mass is 478 g/mol. The zero-order valence-electron chi connectivity index (χ0n) is 18.7. The molecule has 178 valence electrons. The quantitative estimate of drug-likeness (QED) is 0.320. The van der Waals surface area contributed by atoms with Crippen LogP contribution in [-0.2, 0) is 4.79 Å². The molecule has 0 fully saturated rings. The first kappa shape index (κ1) is 23.4. The number of aromatic nitrogens is 1. The van der Waals surface area contributed by atoms with Gasteiger partial charge in [0.2, 0.25) is 5.91 Å². The topological polar surface area (TPSA) is 102 Å². The molecule has 3 N–H and O–H groups in total. The molecule has 0 atom stereocenters. The molecule has 1 aromatic heterocycles. The number of benzene rings is 3. The number of urea groups is 1. The Balaban J connectivity index is 1.54. The molecule has 3 aromatic carbocycles. The lowest BCUT2D eigenvalue weighted by molar-refractivity contribution is -0.114. The summed E-state index contributed by atoms with van der Waals surface area (Å²) in [6.45, 7) is 1.38. The molecule has 0 aliphatic heterocycles. The Bertz CT molecular complexity index is 1410. The number of nitrogens with zero attached hydrogens (tertiary/aromatic N) is 1. The van der Waals surface area contributed by atoms with Crippen LogP contribution in [0.5, 0.6) is 17.2 Å². The number of carbonyl (C=O) groups excluding carboxylic acids is 2. The summed E-state index contributed by atoms with van der Waals surface area (Å²) in [6, 6.07) is 13.3. The van der Waals surface area contributed by atoms with Gasteiger partial charge in [0.25, 0.3) is 0 Å². The van der Waals surface area contributed by atoms with Crippen molar-refractivity contribution in [2.24, 2.45) is 0 Å². The third-order valence-electron chi connectivity index (χ3n) is 4.85. The molecule has 3 amide bonds. The van der Waals surface area contributed by atoms with E-state index in [1.807, 2.05) is 0 Å². The third-order valence-corrected chi connectivity index (χ3v) is 4.85. The SMILES string of the molecule is COc1cc2nccc(Oc3ccc(NC(=O)Nc4ccc(F)cc4)c(F)c3)c2cc1NC(C)=O. The van der Waals surface area contributed by atoms with Crippen LogP contribution >= 0.6 is 0 Å². The highest BCUT2D eigenvalue weighted by molar-refractivity contribution is 6.00. The Morgan fingerprint density at radius 3 is 2.31 bits per heavy atom. The van der Waals surface area contributed by atoms with Crippen LogP contribution in [0, 0.1) is 11.6 Å². The van der Waals surface area contributed by atoms with E-state index in [0.717, 1.165) is 6.07 Å². The number of carbonyl (C=O) groups is 2. The average Bonchev–Trinajstić information content (AvgIpc) is 2.82. The summed E-state index contributed by atoms with van der Waals surface area (Å²) in [6.07, 6.45) is 1.53. The first-order valence-electron chi connectivity index (χ1n) is 10.4. The third kappa shape index (κ3) is 5.61. The van der Waals surface area contributed by atoms with Crippen LogP contribution in [0.15, 0.2) is 66.9 Å². The van der Waals surface area contributed by atoms with E-state index in [1.54, 1.807) is 18.2 Å². The summed E-state index contributed by atoms with van der Waals surface area (Å²) in [5.74, 6) is -0.462. The standard InChI is InChI=1S/C25H20F2N4O4/c1-14(32)29-22-12-18-21(13-24(22)34-2)28-10-9-23(18)35-17-7-8-20(19(27)11-17)31-25(33)30-16-5-3-15(26)4-6-16/h3-13H,1-2H3,(H,29,32)(H2,30,31,33). The lowest BCUT2D eigenvalue weighted by Gasteiger charge is -2.14. The van der Waals surface area contributed by atoms with Gasteiger partial charge in [-0.15, -0.1) is 0 Å². The molecule has 4 rings (SSSR count). The molecule has 0 unspecified atom stereocenters. The number of anilines is 3. The lowest BCUT2D eigenvalue weighted by atomic mass is 10.1. The average molecular weight is 478 g/mol. The summed E-state index contributed by atoms with van der Waals surface area (Å²) in [5, 5.41) is 8.14. The van der Waals surface area contributed by atoms with Crippen molar-refractivity contribution in [1.82, 2.24) is 4.98 Å². The van der Waals surface area contributed by atoms with E-state index in [2.05, 4.69) is 20.9 Å². The highest BCUT2D eigenvalue weighted by atomic mass is 19.1. The minimum absolute atomic E-state index is 0.0748. The highest BCUT2D eigenvalue weighted by Gasteiger charge is 2.14. The van der Waals surface area contributed by atoms with Gasteiger partial charge in [0, 0.05) is 36.3 Å². The predicted octanol–water partition coefficient (Wildman–Crippen LogP) is 5.92. The number of ether oxygens (including phenoxy) is 2. The molecule has 0 spiro atoms. The second-order valence-electron chi connectivity index (χ2n) is 7.39. The summed E-state index contributed by atoms with van der Waals surface area (Å²) < 4.78 is 38.9. The maximum atomic E-state index is 14.7. The number of fused-ring (bicyclic) bond motifs is 1. The first-order valence-corrected chi connectivity index (χ1v) is 10.4. The van der Waals surface area contributed by atoms with Crippen molar-refractivity contribution in [1.29, 1.82) is 0 Å². The number of hydrogen-bond donors (Lipinski definition) is 3. The van der Waals surface area contributed by atoms with Gasteiger partial charge in [-0.3, -0.25) is 9.78 Å². The number of nitrogens with one attached hydrogen (secondary N) is 3. The van der Waals surface area contributed by atoms with Crippen LogP contribution < -0.4 is 25.4 Å². The zero-order chi connectivity index (χ0) is 24.9. The molecule has 0 radical (unpaired) electrons. The smallest absolute Gasteiger partial charge is 0.323 e. The van der Waals surface area contributed by atoms with Gasteiger partial charge in [-0.2, -0.15) is 0 Å². The fraction of sp³-hybridized carbons (Fsp3) is 0.0800. The van der Waals surface area contributed by atoms with Crippen molar-refractivity contribution in [2.45, 2.75) is 6.92 Å². The molecule has 0 saturated carbocycles. The molecule has 1 heterocycles.